The molecule has 1 aliphatic carbocycles. The van der Waals surface area contributed by atoms with Crippen LogP contribution in [0.1, 0.15) is 43.0 Å². The van der Waals surface area contributed by atoms with Crippen LogP contribution in [0.15, 0.2) is 39.9 Å². The van der Waals surface area contributed by atoms with Gasteiger partial charge in [0.1, 0.15) is 9.96 Å². The Morgan fingerprint density at radius 1 is 1.20 bits per heavy atom. The molecule has 35 heavy (non-hydrogen) atoms. The van der Waals surface area contributed by atoms with E-state index in [1.807, 2.05) is 11.4 Å². The van der Waals surface area contributed by atoms with Crippen LogP contribution in [-0.2, 0) is 22.5 Å². The highest BCUT2D eigenvalue weighted by atomic mass is 32.2. The highest BCUT2D eigenvalue weighted by molar-refractivity contribution is 7.91. The number of benzene rings is 1. The maximum absolute atomic E-state index is 13.2. The van der Waals surface area contributed by atoms with Crippen LogP contribution >= 0.6 is 11.3 Å². The fraction of sp³-hybridized carbons (Fsp3) is 0.538. The highest BCUT2D eigenvalue weighted by Gasteiger charge is 2.50. The first-order valence-corrected chi connectivity index (χ1v) is 14.8. The molecular weight excluding hydrogens is 482 g/mol. The number of methoxy groups -OCH3 is 1. The van der Waals surface area contributed by atoms with Crippen molar-refractivity contribution in [1.82, 2.24) is 13.8 Å². The maximum Gasteiger partial charge on any atom is 0.252 e. The van der Waals surface area contributed by atoms with Crippen molar-refractivity contribution in [2.45, 2.75) is 41.3 Å². The van der Waals surface area contributed by atoms with Crippen molar-refractivity contribution in [2.75, 3.05) is 39.9 Å². The van der Waals surface area contributed by atoms with Gasteiger partial charge in [-0.15, -0.1) is 11.3 Å². The molecule has 0 unspecified atom stereocenters. The third kappa shape index (κ3) is 3.74. The Morgan fingerprint density at radius 2 is 1.97 bits per heavy atom. The third-order valence-corrected chi connectivity index (χ3v) is 11.6. The molecule has 1 N–H and O–H groups in total. The molecule has 2 aliphatic heterocycles. The Morgan fingerprint density at radius 3 is 2.60 bits per heavy atom. The zero-order valence-corrected chi connectivity index (χ0v) is 21.9. The Bertz CT molecular complexity index is 1340. The third-order valence-electron chi connectivity index (χ3n) is 8.38. The van der Waals surface area contributed by atoms with Gasteiger partial charge in [-0.1, -0.05) is 6.07 Å². The average molecular weight is 516 g/mol. The smallest absolute Gasteiger partial charge is 0.252 e. The number of sulfonamides is 1. The van der Waals surface area contributed by atoms with E-state index in [-0.39, 0.29) is 18.1 Å². The Hall–Kier alpha value is -1.91. The summed E-state index contributed by atoms with van der Waals surface area (Å²) in [5.74, 6) is 1.52. The van der Waals surface area contributed by atoms with Crippen molar-refractivity contribution in [2.24, 2.45) is 13.0 Å². The first-order chi connectivity index (χ1) is 16.9. The highest BCUT2D eigenvalue weighted by Crippen LogP contribution is 2.51. The minimum atomic E-state index is -3.46. The van der Waals surface area contributed by atoms with E-state index in [2.05, 4.69) is 28.6 Å². The number of fused-ring (bicyclic) bond motifs is 4. The zero-order chi connectivity index (χ0) is 24.4. The number of aliphatic hydroxyl groups is 1. The predicted molar refractivity (Wildman–Crippen MR) is 138 cm³/mol. The summed E-state index contributed by atoms with van der Waals surface area (Å²) in [7, 11) is 0.316. The summed E-state index contributed by atoms with van der Waals surface area (Å²) >= 11 is 1.28. The Kier molecular flexibility index (Phi) is 5.76. The van der Waals surface area contributed by atoms with Crippen LogP contribution in [0, 0.1) is 5.92 Å². The Balaban J connectivity index is 1.44. The van der Waals surface area contributed by atoms with Gasteiger partial charge in [-0.05, 0) is 60.7 Å². The van der Waals surface area contributed by atoms with E-state index in [9.17, 15) is 13.5 Å². The lowest BCUT2D eigenvalue weighted by Gasteiger charge is -2.50. The molecule has 188 valence electrons. The molecule has 2 fully saturated rings. The first kappa shape index (κ1) is 23.5. The van der Waals surface area contributed by atoms with Crippen LogP contribution in [0.5, 0.6) is 5.75 Å². The number of aryl methyl sites for hydroxylation is 1. The van der Waals surface area contributed by atoms with Gasteiger partial charge in [0.15, 0.2) is 0 Å². The van der Waals surface area contributed by atoms with Gasteiger partial charge in [0.05, 0.1) is 25.3 Å². The molecule has 0 radical (unpaired) electrons. The van der Waals surface area contributed by atoms with Crippen LogP contribution in [0.25, 0.3) is 10.9 Å². The van der Waals surface area contributed by atoms with Gasteiger partial charge in [0, 0.05) is 55.8 Å². The molecular formula is C26H33N3O4S2. The van der Waals surface area contributed by atoms with Crippen molar-refractivity contribution >= 4 is 32.3 Å². The van der Waals surface area contributed by atoms with Gasteiger partial charge in [0.2, 0.25) is 0 Å². The van der Waals surface area contributed by atoms with Crippen molar-refractivity contribution in [3.63, 3.8) is 0 Å². The number of piperidine rings is 1. The number of hydrogen-bond acceptors (Lipinski definition) is 6. The number of aliphatic hydroxyl groups excluding tert-OH is 1. The summed E-state index contributed by atoms with van der Waals surface area (Å²) in [5.41, 5.74) is 3.44. The molecule has 3 aromatic rings. The number of thiophene rings is 1. The zero-order valence-electron chi connectivity index (χ0n) is 20.3. The van der Waals surface area contributed by atoms with Crippen LogP contribution < -0.4 is 4.74 Å². The van der Waals surface area contributed by atoms with E-state index in [0.29, 0.717) is 23.2 Å². The Labute approximate surface area is 211 Å². The second-order valence-electron chi connectivity index (χ2n) is 10.4. The first-order valence-electron chi connectivity index (χ1n) is 12.4. The molecule has 6 rings (SSSR count). The summed E-state index contributed by atoms with van der Waals surface area (Å²) in [6.45, 7) is 2.95. The minimum Gasteiger partial charge on any atom is -0.497 e. The molecule has 9 heteroatoms. The lowest BCUT2D eigenvalue weighted by Crippen LogP contribution is -2.55. The summed E-state index contributed by atoms with van der Waals surface area (Å²) in [6, 6.07) is 9.69. The second kappa shape index (κ2) is 8.59. The number of aromatic nitrogens is 1. The SMILES string of the molecule is COc1ccc2c3c(n(C)c2c1)[C@H](CO)N(CC1CC1)CC31CCN(S(=O)(=O)c2cccs2)CC1. The molecule has 3 aliphatic rings. The standard InChI is InChI=1S/C26H33N3O4S2/c1-27-21-14-19(33-2)7-8-20(21)24-25(27)22(16-30)28(15-18-5-6-18)17-26(24)9-11-29(12-10-26)35(31,32)23-4-3-13-34-23/h3-4,7-8,13-14,18,22,30H,5-6,9-12,15-17H2,1-2H3/t22-/m0/s1. The lowest BCUT2D eigenvalue weighted by atomic mass is 9.68. The van der Waals surface area contributed by atoms with Crippen molar-refractivity contribution < 1.29 is 18.3 Å². The summed E-state index contributed by atoms with van der Waals surface area (Å²) in [4.78, 5) is 2.49. The summed E-state index contributed by atoms with van der Waals surface area (Å²) < 4.78 is 36.3. The predicted octanol–water partition coefficient (Wildman–Crippen LogP) is 3.73. The van der Waals surface area contributed by atoms with E-state index in [1.54, 1.807) is 23.5 Å². The van der Waals surface area contributed by atoms with Gasteiger partial charge < -0.3 is 14.4 Å². The van der Waals surface area contributed by atoms with E-state index < -0.39 is 10.0 Å². The molecule has 4 heterocycles. The molecule has 1 saturated carbocycles. The van der Waals surface area contributed by atoms with Crippen LogP contribution in [-0.4, -0.2) is 67.2 Å². The maximum atomic E-state index is 13.2. The summed E-state index contributed by atoms with van der Waals surface area (Å²) in [5, 5.41) is 13.6. The fourth-order valence-corrected chi connectivity index (χ4v) is 8.97. The molecule has 0 bridgehead atoms. The number of ether oxygens (including phenoxy) is 1. The topological polar surface area (TPSA) is 75.0 Å². The number of hydrogen-bond donors (Lipinski definition) is 1. The van der Waals surface area contributed by atoms with Gasteiger partial charge in [-0.25, -0.2) is 8.42 Å². The van der Waals surface area contributed by atoms with Gasteiger partial charge in [-0.2, -0.15) is 4.31 Å². The van der Waals surface area contributed by atoms with E-state index in [1.165, 1.54) is 40.8 Å². The van der Waals surface area contributed by atoms with E-state index in [0.717, 1.165) is 37.2 Å². The molecule has 1 aromatic carbocycles. The molecule has 1 saturated heterocycles. The molecule has 2 aromatic heterocycles. The fourth-order valence-electron chi connectivity index (χ4n) is 6.39. The van der Waals surface area contributed by atoms with Gasteiger partial charge in [0.25, 0.3) is 10.0 Å². The van der Waals surface area contributed by atoms with Crippen molar-refractivity contribution in [3.05, 3.63) is 47.0 Å². The largest absolute Gasteiger partial charge is 0.497 e. The summed E-state index contributed by atoms with van der Waals surface area (Å²) in [6.07, 6.45) is 4.06. The molecule has 7 nitrogen and oxygen atoms in total. The number of nitrogens with zero attached hydrogens (tertiary/aromatic N) is 3. The molecule has 1 spiro atoms. The molecule has 1 atom stereocenters. The van der Waals surface area contributed by atoms with Crippen LogP contribution in [0.2, 0.25) is 0 Å². The monoisotopic (exact) mass is 515 g/mol. The van der Waals surface area contributed by atoms with Crippen LogP contribution in [0.4, 0.5) is 0 Å². The quantitative estimate of drug-likeness (QED) is 0.542. The van der Waals surface area contributed by atoms with Crippen LogP contribution in [0.3, 0.4) is 0 Å². The van der Waals surface area contributed by atoms with Gasteiger partial charge in [-0.3, -0.25) is 4.90 Å². The van der Waals surface area contributed by atoms with Crippen molar-refractivity contribution in [1.29, 1.82) is 0 Å². The lowest BCUT2D eigenvalue weighted by molar-refractivity contribution is 0.0539. The average Bonchev–Trinajstić information content (AvgIpc) is 3.38. The van der Waals surface area contributed by atoms with E-state index in [4.69, 9.17) is 4.74 Å². The number of rotatable bonds is 6. The van der Waals surface area contributed by atoms with Crippen molar-refractivity contribution in [3.8, 4) is 5.75 Å². The molecule has 0 amide bonds. The van der Waals surface area contributed by atoms with Gasteiger partial charge >= 0.3 is 0 Å². The van der Waals surface area contributed by atoms with E-state index >= 15 is 0 Å². The second-order valence-corrected chi connectivity index (χ2v) is 13.5. The minimum absolute atomic E-state index is 0.0486. The normalized spacial score (nSPS) is 23.1.